The van der Waals surface area contributed by atoms with Crippen molar-refractivity contribution in [3.63, 3.8) is 0 Å². The molecule has 1 saturated heterocycles. The molecule has 0 spiro atoms. The molecule has 1 aromatic heterocycles. The van der Waals surface area contributed by atoms with E-state index < -0.39 is 5.97 Å². The number of aliphatic carboxylic acids is 1. The number of imide groups is 1. The van der Waals surface area contributed by atoms with E-state index in [1.165, 1.54) is 21.8 Å². The topological polar surface area (TPSA) is 108 Å². The highest BCUT2D eigenvalue weighted by atomic mass is 32.2. The van der Waals surface area contributed by atoms with Gasteiger partial charge in [-0.1, -0.05) is 28.7 Å². The summed E-state index contributed by atoms with van der Waals surface area (Å²) in [4.78, 5) is 53.0. The number of carboxylic acids is 1. The molecule has 136 valence electrons. The van der Waals surface area contributed by atoms with Gasteiger partial charge in [-0.15, -0.1) is 0 Å². The van der Waals surface area contributed by atoms with Gasteiger partial charge in [0, 0.05) is 18.2 Å². The molecular formula is C17H16N2O5S2. The van der Waals surface area contributed by atoms with Gasteiger partial charge in [0.05, 0.1) is 21.7 Å². The molecule has 2 N–H and O–H groups in total. The second kappa shape index (κ2) is 5.56. The van der Waals surface area contributed by atoms with Crippen molar-refractivity contribution >= 4 is 47.0 Å². The first-order chi connectivity index (χ1) is 12.5. The lowest BCUT2D eigenvalue weighted by atomic mass is 9.77. The van der Waals surface area contributed by atoms with Crippen LogP contribution in [0.5, 0.6) is 0 Å². The van der Waals surface area contributed by atoms with E-state index >= 15 is 0 Å². The smallest absolute Gasteiger partial charge is 0.305 e. The minimum atomic E-state index is -0.919. The predicted octanol–water partition coefficient (Wildman–Crippen LogP) is 1.41. The van der Waals surface area contributed by atoms with Crippen LogP contribution in [0.2, 0.25) is 0 Å². The first-order valence-electron chi connectivity index (χ1n) is 8.64. The number of amides is 2. The van der Waals surface area contributed by atoms with Crippen molar-refractivity contribution in [2.45, 2.75) is 29.5 Å². The number of thioether (sulfide) groups is 1. The summed E-state index contributed by atoms with van der Waals surface area (Å²) in [5, 5.41) is 9.79. The van der Waals surface area contributed by atoms with Crippen LogP contribution in [0.3, 0.4) is 0 Å². The van der Waals surface area contributed by atoms with Gasteiger partial charge >= 0.3 is 10.8 Å². The van der Waals surface area contributed by atoms with Gasteiger partial charge in [0.15, 0.2) is 0 Å². The van der Waals surface area contributed by atoms with E-state index in [-0.39, 0.29) is 58.6 Å². The van der Waals surface area contributed by atoms with Gasteiger partial charge in [-0.05, 0) is 30.8 Å². The number of aromatic nitrogens is 1. The van der Waals surface area contributed by atoms with Crippen LogP contribution in [0.1, 0.15) is 24.1 Å². The maximum absolute atomic E-state index is 12.9. The van der Waals surface area contributed by atoms with Crippen LogP contribution in [0.15, 0.2) is 15.4 Å². The number of nitrogens with zero attached hydrogens (tertiary/aromatic N) is 1. The van der Waals surface area contributed by atoms with Crippen LogP contribution in [-0.2, 0) is 14.4 Å². The first-order valence-corrected chi connectivity index (χ1v) is 10.3. The molecule has 2 bridgehead atoms. The monoisotopic (exact) mass is 392 g/mol. The molecule has 5 atom stereocenters. The summed E-state index contributed by atoms with van der Waals surface area (Å²) in [7, 11) is 0. The molecule has 26 heavy (non-hydrogen) atoms. The lowest BCUT2D eigenvalue weighted by molar-refractivity contribution is -0.142. The van der Waals surface area contributed by atoms with Crippen LogP contribution in [0, 0.1) is 23.7 Å². The summed E-state index contributed by atoms with van der Waals surface area (Å²) < 4.78 is 0. The SMILES string of the molecule is O=C(O)CCCN1C(=O)[C@@H]2[C@@H]3C[C@@H](C4=Cc5sc(=O)[nH]c5S[C@H]43)[C@H]2C1=O. The third-order valence-electron chi connectivity index (χ3n) is 6.01. The van der Waals surface area contributed by atoms with E-state index in [1.807, 2.05) is 6.08 Å². The molecule has 2 aliphatic carbocycles. The Hall–Kier alpha value is -1.87. The minimum absolute atomic E-state index is 0.0452. The largest absolute Gasteiger partial charge is 0.481 e. The fraction of sp³-hybridized carbons (Fsp3) is 0.529. The lowest BCUT2D eigenvalue weighted by Gasteiger charge is -2.32. The van der Waals surface area contributed by atoms with E-state index in [0.29, 0.717) is 6.42 Å². The number of carbonyl (C=O) groups is 3. The van der Waals surface area contributed by atoms with Crippen molar-refractivity contribution < 1.29 is 19.5 Å². The van der Waals surface area contributed by atoms with Crippen LogP contribution < -0.4 is 4.87 Å². The summed E-state index contributed by atoms with van der Waals surface area (Å²) in [6, 6.07) is 0. The van der Waals surface area contributed by atoms with Gasteiger partial charge in [0.1, 0.15) is 0 Å². The molecule has 4 aliphatic rings. The van der Waals surface area contributed by atoms with E-state index in [0.717, 1.165) is 16.3 Å². The highest BCUT2D eigenvalue weighted by Crippen LogP contribution is 2.64. The average molecular weight is 392 g/mol. The number of aromatic amines is 1. The fourth-order valence-corrected chi connectivity index (χ4v) is 7.53. The molecule has 7 nitrogen and oxygen atoms in total. The van der Waals surface area contributed by atoms with Gasteiger partial charge in [-0.25, -0.2) is 0 Å². The number of H-pyrrole nitrogens is 1. The van der Waals surface area contributed by atoms with Gasteiger partial charge < -0.3 is 10.1 Å². The fourth-order valence-electron chi connectivity index (χ4n) is 5.09. The molecule has 3 heterocycles. The van der Waals surface area contributed by atoms with Crippen LogP contribution >= 0.6 is 23.1 Å². The minimum Gasteiger partial charge on any atom is -0.481 e. The molecule has 9 heteroatoms. The van der Waals surface area contributed by atoms with Gasteiger partial charge in [0.2, 0.25) is 11.8 Å². The maximum atomic E-state index is 12.9. The number of thiazole rings is 1. The molecule has 0 radical (unpaired) electrons. The maximum Gasteiger partial charge on any atom is 0.305 e. The Bertz CT molecular complexity index is 932. The quantitative estimate of drug-likeness (QED) is 0.750. The van der Waals surface area contributed by atoms with Crippen LogP contribution in [-0.4, -0.2) is 44.6 Å². The number of rotatable bonds is 4. The number of likely N-dealkylation sites (tertiary alicyclic amines) is 1. The standard InChI is InChI=1S/C17H16N2O5S2/c20-10(21)2-1-3-19-15(22)11-6-4-8(12(11)16(19)23)13-7(6)5-9-14(26-13)18-17(24)25-9/h5-6,8,11-13H,1-4H2,(H,18,24)(H,20,21)/t6-,8-,11+,12+,13+/m0/s1. The molecule has 5 rings (SSSR count). The molecule has 1 aromatic rings. The Morgan fingerprint density at radius 1 is 1.27 bits per heavy atom. The molecule has 2 aliphatic heterocycles. The number of hydrogen-bond acceptors (Lipinski definition) is 6. The van der Waals surface area contributed by atoms with E-state index in [2.05, 4.69) is 4.98 Å². The number of nitrogens with one attached hydrogen (secondary N) is 1. The number of fused-ring (bicyclic) bond motifs is 9. The van der Waals surface area contributed by atoms with Crippen LogP contribution in [0.25, 0.3) is 6.08 Å². The van der Waals surface area contributed by atoms with Crippen molar-refractivity contribution in [1.82, 2.24) is 9.88 Å². The Morgan fingerprint density at radius 2 is 2.04 bits per heavy atom. The van der Waals surface area contributed by atoms with Gasteiger partial charge in [-0.2, -0.15) is 0 Å². The second-order valence-electron chi connectivity index (χ2n) is 7.27. The van der Waals surface area contributed by atoms with Crippen molar-refractivity contribution in [1.29, 1.82) is 0 Å². The number of carboxylic acid groups (broad SMARTS) is 1. The Balaban J connectivity index is 1.43. The van der Waals surface area contributed by atoms with Gasteiger partial charge in [-0.3, -0.25) is 24.1 Å². The predicted molar refractivity (Wildman–Crippen MR) is 94.7 cm³/mol. The molecular weight excluding hydrogens is 376 g/mol. The van der Waals surface area contributed by atoms with Crippen molar-refractivity contribution in [2.24, 2.45) is 23.7 Å². The highest BCUT2D eigenvalue weighted by molar-refractivity contribution is 8.00. The summed E-state index contributed by atoms with van der Waals surface area (Å²) in [5.74, 6) is -1.63. The summed E-state index contributed by atoms with van der Waals surface area (Å²) >= 11 is 2.79. The lowest BCUT2D eigenvalue weighted by Crippen LogP contribution is -2.35. The van der Waals surface area contributed by atoms with Crippen molar-refractivity contribution in [2.75, 3.05) is 6.54 Å². The molecule has 2 amide bonds. The third-order valence-corrected chi connectivity index (χ3v) is 8.40. The normalized spacial score (nSPS) is 33.9. The van der Waals surface area contributed by atoms with Crippen molar-refractivity contribution in [3.05, 3.63) is 20.1 Å². The zero-order valence-corrected chi connectivity index (χ0v) is 15.3. The van der Waals surface area contributed by atoms with Gasteiger partial charge in [0.25, 0.3) is 0 Å². The summed E-state index contributed by atoms with van der Waals surface area (Å²) in [5.41, 5.74) is 1.19. The summed E-state index contributed by atoms with van der Waals surface area (Å²) in [6.45, 7) is 0.188. The second-order valence-corrected chi connectivity index (χ2v) is 9.44. The average Bonchev–Trinajstić information content (AvgIpc) is 3.28. The Labute approximate surface area is 156 Å². The third kappa shape index (κ3) is 2.13. The van der Waals surface area contributed by atoms with Crippen molar-refractivity contribution in [3.8, 4) is 0 Å². The summed E-state index contributed by atoms with van der Waals surface area (Å²) in [6.07, 6.45) is 3.14. The van der Waals surface area contributed by atoms with E-state index in [4.69, 9.17) is 5.11 Å². The van der Waals surface area contributed by atoms with E-state index in [9.17, 15) is 19.2 Å². The molecule has 0 aromatic carbocycles. The Kier molecular flexibility index (Phi) is 3.49. The first kappa shape index (κ1) is 16.3. The van der Waals surface area contributed by atoms with Crippen LogP contribution in [0.4, 0.5) is 0 Å². The molecule has 0 unspecified atom stereocenters. The molecule has 3 fully saturated rings. The highest BCUT2D eigenvalue weighted by Gasteiger charge is 2.66. The number of carbonyl (C=O) groups excluding carboxylic acids is 2. The zero-order chi connectivity index (χ0) is 18.2. The zero-order valence-electron chi connectivity index (χ0n) is 13.6. The van der Waals surface area contributed by atoms with E-state index in [1.54, 1.807) is 11.8 Å². The number of hydrogen-bond donors (Lipinski definition) is 2. The Morgan fingerprint density at radius 3 is 2.81 bits per heavy atom. The molecule has 2 saturated carbocycles.